The molecule has 0 amide bonds. The minimum atomic E-state index is 0.115. The van der Waals surface area contributed by atoms with Gasteiger partial charge in [0.25, 0.3) is 0 Å². The molecule has 0 N–H and O–H groups in total. The van der Waals surface area contributed by atoms with Crippen LogP contribution in [0.5, 0.6) is 0 Å². The van der Waals surface area contributed by atoms with E-state index in [0.29, 0.717) is 12.3 Å². The summed E-state index contributed by atoms with van der Waals surface area (Å²) >= 11 is 3.50. The molecule has 2 aromatic rings. The molecule has 1 aromatic carbocycles. The molecule has 3 nitrogen and oxygen atoms in total. The molecule has 0 saturated heterocycles. The van der Waals surface area contributed by atoms with Gasteiger partial charge in [0.05, 0.1) is 22.3 Å². The fourth-order valence-corrected chi connectivity index (χ4v) is 2.66. The van der Waals surface area contributed by atoms with Crippen LogP contribution < -0.4 is 0 Å². The predicted molar refractivity (Wildman–Crippen MR) is 84.2 cm³/mol. The highest BCUT2D eigenvalue weighted by Gasteiger charge is 2.15. The summed E-state index contributed by atoms with van der Waals surface area (Å²) in [4.78, 5) is 12.3. The lowest BCUT2D eigenvalue weighted by molar-refractivity contribution is 0.0990. The molecule has 0 unspecified atom stereocenters. The van der Waals surface area contributed by atoms with Crippen LogP contribution in [-0.4, -0.2) is 15.6 Å². The standard InChI is InChI=1S/C16H19BrN2O/c1-10(2)12-5-7-13(8-6-12)15(20)9-14-16(17)11(3)18-19(14)4/h5-8,10H,9H2,1-4H3. The summed E-state index contributed by atoms with van der Waals surface area (Å²) in [5, 5.41) is 4.31. The van der Waals surface area contributed by atoms with E-state index >= 15 is 0 Å². The number of carbonyl (C=O) groups excluding carboxylic acids is 1. The summed E-state index contributed by atoms with van der Waals surface area (Å²) in [6, 6.07) is 7.88. The van der Waals surface area contributed by atoms with E-state index in [2.05, 4.69) is 34.9 Å². The number of aromatic nitrogens is 2. The maximum Gasteiger partial charge on any atom is 0.168 e. The first-order chi connectivity index (χ1) is 9.40. The second-order valence-electron chi connectivity index (χ2n) is 5.35. The lowest BCUT2D eigenvalue weighted by Gasteiger charge is -2.07. The van der Waals surface area contributed by atoms with Crippen molar-refractivity contribution < 1.29 is 4.79 Å². The van der Waals surface area contributed by atoms with Crippen LogP contribution in [0.2, 0.25) is 0 Å². The first kappa shape index (κ1) is 15.0. The van der Waals surface area contributed by atoms with Crippen molar-refractivity contribution in [1.29, 1.82) is 0 Å². The third kappa shape index (κ3) is 3.01. The lowest BCUT2D eigenvalue weighted by Crippen LogP contribution is -2.08. The van der Waals surface area contributed by atoms with Crippen molar-refractivity contribution in [3.05, 3.63) is 51.3 Å². The summed E-state index contributed by atoms with van der Waals surface area (Å²) in [5.41, 5.74) is 3.82. The lowest BCUT2D eigenvalue weighted by atomic mass is 9.99. The highest BCUT2D eigenvalue weighted by atomic mass is 79.9. The van der Waals surface area contributed by atoms with Crippen LogP contribution in [0.4, 0.5) is 0 Å². The topological polar surface area (TPSA) is 34.9 Å². The molecule has 0 atom stereocenters. The molecule has 0 aliphatic carbocycles. The van der Waals surface area contributed by atoms with Gasteiger partial charge in [0, 0.05) is 12.6 Å². The molecular formula is C16H19BrN2O. The van der Waals surface area contributed by atoms with Crippen molar-refractivity contribution in [3.63, 3.8) is 0 Å². The molecule has 0 bridgehead atoms. The third-order valence-electron chi connectivity index (χ3n) is 3.49. The quantitative estimate of drug-likeness (QED) is 0.791. The second-order valence-corrected chi connectivity index (χ2v) is 6.14. The van der Waals surface area contributed by atoms with Gasteiger partial charge in [0.15, 0.2) is 5.78 Å². The zero-order chi connectivity index (χ0) is 14.9. The molecule has 0 aliphatic rings. The Morgan fingerprint density at radius 2 is 1.90 bits per heavy atom. The van der Waals surface area contributed by atoms with E-state index in [1.54, 1.807) is 4.68 Å². The number of halogens is 1. The highest BCUT2D eigenvalue weighted by Crippen LogP contribution is 2.22. The Hall–Kier alpha value is -1.42. The normalized spacial score (nSPS) is 11.1. The number of carbonyl (C=O) groups is 1. The largest absolute Gasteiger partial charge is 0.294 e. The fraction of sp³-hybridized carbons (Fsp3) is 0.375. The number of rotatable bonds is 4. The van der Waals surface area contributed by atoms with Gasteiger partial charge in [-0.1, -0.05) is 38.1 Å². The van der Waals surface area contributed by atoms with Crippen LogP contribution in [0.1, 0.15) is 47.1 Å². The number of benzene rings is 1. The van der Waals surface area contributed by atoms with Crippen molar-refractivity contribution in [2.45, 2.75) is 33.1 Å². The van der Waals surface area contributed by atoms with Gasteiger partial charge in [0.1, 0.15) is 0 Å². The van der Waals surface area contributed by atoms with Crippen LogP contribution in [0, 0.1) is 6.92 Å². The number of aryl methyl sites for hydroxylation is 2. The maximum absolute atomic E-state index is 12.3. The zero-order valence-corrected chi connectivity index (χ0v) is 13.9. The van der Waals surface area contributed by atoms with E-state index in [9.17, 15) is 4.79 Å². The predicted octanol–water partition coefficient (Wildman–Crippen LogP) is 4.04. The smallest absolute Gasteiger partial charge is 0.168 e. The Bertz CT molecular complexity index is 627. The van der Waals surface area contributed by atoms with Crippen molar-refractivity contribution in [2.75, 3.05) is 0 Å². The number of hydrogen-bond donors (Lipinski definition) is 0. The molecule has 1 heterocycles. The number of ketones is 1. The molecule has 106 valence electrons. The third-order valence-corrected chi connectivity index (χ3v) is 4.52. The van der Waals surface area contributed by atoms with Crippen LogP contribution in [-0.2, 0) is 13.5 Å². The molecule has 0 spiro atoms. The van der Waals surface area contributed by atoms with E-state index in [1.165, 1.54) is 5.56 Å². The summed E-state index contributed by atoms with van der Waals surface area (Å²) in [7, 11) is 1.86. The number of Topliss-reactive ketones (excluding diaryl/α,β-unsaturated/α-hetero) is 1. The average molecular weight is 335 g/mol. The first-order valence-electron chi connectivity index (χ1n) is 6.71. The van der Waals surface area contributed by atoms with Gasteiger partial charge in [-0.2, -0.15) is 5.10 Å². The SMILES string of the molecule is Cc1nn(C)c(CC(=O)c2ccc(C(C)C)cc2)c1Br. The van der Waals surface area contributed by atoms with Crippen LogP contribution in [0.3, 0.4) is 0 Å². The molecule has 0 aliphatic heterocycles. The minimum absolute atomic E-state index is 0.115. The molecule has 0 saturated carbocycles. The van der Waals surface area contributed by atoms with Crippen molar-refractivity contribution in [2.24, 2.45) is 7.05 Å². The zero-order valence-electron chi connectivity index (χ0n) is 12.3. The van der Waals surface area contributed by atoms with E-state index in [-0.39, 0.29) is 5.78 Å². The van der Waals surface area contributed by atoms with Crippen molar-refractivity contribution >= 4 is 21.7 Å². The van der Waals surface area contributed by atoms with E-state index in [0.717, 1.165) is 21.4 Å². The molecule has 1 aromatic heterocycles. The van der Waals surface area contributed by atoms with Gasteiger partial charge in [-0.3, -0.25) is 9.48 Å². The summed E-state index contributed by atoms with van der Waals surface area (Å²) < 4.78 is 2.69. The Balaban J connectivity index is 2.20. The number of hydrogen-bond acceptors (Lipinski definition) is 2. The van der Waals surface area contributed by atoms with Gasteiger partial charge in [-0.05, 0) is 34.3 Å². The summed E-state index contributed by atoms with van der Waals surface area (Å²) in [6.07, 6.45) is 0.360. The van der Waals surface area contributed by atoms with Gasteiger partial charge in [-0.25, -0.2) is 0 Å². The molecule has 0 fully saturated rings. The Morgan fingerprint density at radius 3 is 2.35 bits per heavy atom. The van der Waals surface area contributed by atoms with Crippen LogP contribution >= 0.6 is 15.9 Å². The van der Waals surface area contributed by atoms with Crippen LogP contribution in [0.15, 0.2) is 28.7 Å². The molecule has 2 rings (SSSR count). The molecule has 0 radical (unpaired) electrons. The van der Waals surface area contributed by atoms with Crippen molar-refractivity contribution in [3.8, 4) is 0 Å². The molecular weight excluding hydrogens is 316 g/mol. The van der Waals surface area contributed by atoms with E-state index in [4.69, 9.17) is 0 Å². The monoisotopic (exact) mass is 334 g/mol. The summed E-state index contributed by atoms with van der Waals surface area (Å²) in [5.74, 6) is 0.594. The Kier molecular flexibility index (Phi) is 4.43. The molecule has 20 heavy (non-hydrogen) atoms. The summed E-state index contributed by atoms with van der Waals surface area (Å²) in [6.45, 7) is 6.22. The maximum atomic E-state index is 12.3. The van der Waals surface area contributed by atoms with Crippen molar-refractivity contribution in [1.82, 2.24) is 9.78 Å². The van der Waals surface area contributed by atoms with E-state index in [1.807, 2.05) is 38.2 Å². The Labute approximate surface area is 128 Å². The molecule has 4 heteroatoms. The van der Waals surface area contributed by atoms with Gasteiger partial charge < -0.3 is 0 Å². The van der Waals surface area contributed by atoms with E-state index < -0.39 is 0 Å². The number of nitrogens with zero attached hydrogens (tertiary/aromatic N) is 2. The van der Waals surface area contributed by atoms with Gasteiger partial charge >= 0.3 is 0 Å². The minimum Gasteiger partial charge on any atom is -0.294 e. The second kappa shape index (κ2) is 5.92. The first-order valence-corrected chi connectivity index (χ1v) is 7.50. The Morgan fingerprint density at radius 1 is 1.30 bits per heavy atom. The van der Waals surface area contributed by atoms with Crippen LogP contribution in [0.25, 0.3) is 0 Å². The van der Waals surface area contributed by atoms with Gasteiger partial charge in [0.2, 0.25) is 0 Å². The fourth-order valence-electron chi connectivity index (χ4n) is 2.18. The highest BCUT2D eigenvalue weighted by molar-refractivity contribution is 9.10. The van der Waals surface area contributed by atoms with Gasteiger partial charge in [-0.15, -0.1) is 0 Å². The average Bonchev–Trinajstić information content (AvgIpc) is 2.65.